The normalized spacial score (nSPS) is 11.3. The first kappa shape index (κ1) is 18.3. The Balaban J connectivity index is 3.68. The zero-order valence-electron chi connectivity index (χ0n) is 12.4. The van der Waals surface area contributed by atoms with E-state index in [0.29, 0.717) is 0 Å². The standard InChI is InChI=1S/C14H12F3NO5/c1-4-7(14(20)23-5-2)13(19)8-9(15)6(3)10(16)11(17)12(8)18(21)22/h4H,5H2,1-3H3/b7-4+. The van der Waals surface area contributed by atoms with Crippen LogP contribution in [-0.2, 0) is 9.53 Å². The highest BCUT2D eigenvalue weighted by Gasteiger charge is 2.37. The SMILES string of the molecule is C/C=C(/C(=O)OCC)C(=O)c1c(F)c(C)c(F)c(F)c1[N+](=O)[O-]. The molecule has 0 amide bonds. The number of Topliss-reactive ketones (excluding diaryl/α,β-unsaturated/α-hetero) is 1. The van der Waals surface area contributed by atoms with Crippen molar-refractivity contribution in [2.45, 2.75) is 20.8 Å². The van der Waals surface area contributed by atoms with Gasteiger partial charge in [-0.15, -0.1) is 0 Å². The van der Waals surface area contributed by atoms with Crippen molar-refractivity contribution in [3.63, 3.8) is 0 Å². The molecule has 0 heterocycles. The van der Waals surface area contributed by atoms with Crippen LogP contribution in [0.3, 0.4) is 0 Å². The van der Waals surface area contributed by atoms with Gasteiger partial charge in [-0.25, -0.2) is 13.6 Å². The number of ketones is 1. The largest absolute Gasteiger partial charge is 0.462 e. The molecule has 0 unspecified atom stereocenters. The van der Waals surface area contributed by atoms with Crippen molar-refractivity contribution in [3.05, 3.63) is 50.3 Å². The van der Waals surface area contributed by atoms with Gasteiger partial charge in [-0.3, -0.25) is 14.9 Å². The number of nitrogens with zero attached hydrogens (tertiary/aromatic N) is 1. The number of halogens is 3. The Hall–Kier alpha value is -2.71. The van der Waals surface area contributed by atoms with Crippen LogP contribution in [0.25, 0.3) is 0 Å². The third-order valence-electron chi connectivity index (χ3n) is 2.95. The van der Waals surface area contributed by atoms with Crippen LogP contribution in [0.15, 0.2) is 11.6 Å². The molecule has 0 saturated heterocycles. The minimum absolute atomic E-state index is 0.106. The van der Waals surface area contributed by atoms with Crippen molar-refractivity contribution < 1.29 is 32.4 Å². The number of rotatable bonds is 5. The number of hydrogen-bond donors (Lipinski definition) is 0. The summed E-state index contributed by atoms with van der Waals surface area (Å²) >= 11 is 0. The van der Waals surface area contributed by atoms with E-state index in [1.54, 1.807) is 0 Å². The van der Waals surface area contributed by atoms with Crippen molar-refractivity contribution in [2.75, 3.05) is 6.61 Å². The molecule has 0 atom stereocenters. The minimum atomic E-state index is -1.98. The Morgan fingerprint density at radius 1 is 1.22 bits per heavy atom. The second-order valence-corrected chi connectivity index (χ2v) is 4.30. The highest BCUT2D eigenvalue weighted by molar-refractivity contribution is 6.25. The second-order valence-electron chi connectivity index (χ2n) is 4.30. The fourth-order valence-electron chi connectivity index (χ4n) is 1.83. The molecule has 0 spiro atoms. The number of carbonyl (C=O) groups is 2. The third kappa shape index (κ3) is 3.22. The molecule has 0 saturated carbocycles. The number of esters is 1. The van der Waals surface area contributed by atoms with Gasteiger partial charge in [0.05, 0.1) is 11.5 Å². The first-order valence-corrected chi connectivity index (χ1v) is 6.38. The summed E-state index contributed by atoms with van der Waals surface area (Å²) in [6, 6.07) is 0. The van der Waals surface area contributed by atoms with Crippen LogP contribution < -0.4 is 0 Å². The number of ether oxygens (including phenoxy) is 1. The van der Waals surface area contributed by atoms with E-state index in [1.165, 1.54) is 13.8 Å². The fourth-order valence-corrected chi connectivity index (χ4v) is 1.83. The lowest BCUT2D eigenvalue weighted by Crippen LogP contribution is -2.20. The van der Waals surface area contributed by atoms with E-state index in [-0.39, 0.29) is 6.61 Å². The molecule has 23 heavy (non-hydrogen) atoms. The molecule has 0 radical (unpaired) electrons. The highest BCUT2D eigenvalue weighted by atomic mass is 19.2. The zero-order valence-corrected chi connectivity index (χ0v) is 12.4. The van der Waals surface area contributed by atoms with E-state index in [9.17, 15) is 32.9 Å². The van der Waals surface area contributed by atoms with Crippen LogP contribution in [0.4, 0.5) is 18.9 Å². The van der Waals surface area contributed by atoms with Crippen LogP contribution in [-0.4, -0.2) is 23.3 Å². The molecule has 0 fully saturated rings. The number of benzene rings is 1. The summed E-state index contributed by atoms with van der Waals surface area (Å²) in [5, 5.41) is 10.9. The quantitative estimate of drug-likeness (QED) is 0.121. The predicted octanol–water partition coefficient (Wildman–Crippen LogP) is 3.01. The molecule has 0 N–H and O–H groups in total. The number of hydrogen-bond acceptors (Lipinski definition) is 5. The highest BCUT2D eigenvalue weighted by Crippen LogP contribution is 2.32. The number of allylic oxidation sites excluding steroid dienone is 1. The van der Waals surface area contributed by atoms with Crippen LogP contribution in [0.1, 0.15) is 29.8 Å². The van der Waals surface area contributed by atoms with Gasteiger partial charge < -0.3 is 4.74 Å². The minimum Gasteiger partial charge on any atom is -0.462 e. The first-order valence-electron chi connectivity index (χ1n) is 6.38. The molecule has 0 aliphatic carbocycles. The molecule has 0 aromatic heterocycles. The summed E-state index contributed by atoms with van der Waals surface area (Å²) < 4.78 is 46.0. The predicted molar refractivity (Wildman–Crippen MR) is 72.4 cm³/mol. The van der Waals surface area contributed by atoms with Crippen molar-refractivity contribution in [1.82, 2.24) is 0 Å². The van der Waals surface area contributed by atoms with Gasteiger partial charge in [-0.2, -0.15) is 4.39 Å². The summed E-state index contributed by atoms with van der Waals surface area (Å²) in [5.41, 5.74) is -4.62. The van der Waals surface area contributed by atoms with Gasteiger partial charge in [0.2, 0.25) is 11.6 Å². The monoisotopic (exact) mass is 331 g/mol. The second kappa shape index (κ2) is 7.03. The van der Waals surface area contributed by atoms with Crippen LogP contribution >= 0.6 is 0 Å². The maximum absolute atomic E-state index is 14.1. The lowest BCUT2D eigenvalue weighted by atomic mass is 9.98. The van der Waals surface area contributed by atoms with Crippen molar-refractivity contribution >= 4 is 17.4 Å². The summed E-state index contributed by atoms with van der Waals surface area (Å²) in [6.45, 7) is 3.39. The molecular weight excluding hydrogens is 319 g/mol. The maximum Gasteiger partial charge on any atom is 0.341 e. The summed E-state index contributed by atoms with van der Waals surface area (Å²) in [5.74, 6) is -7.97. The van der Waals surface area contributed by atoms with Gasteiger partial charge in [0, 0.05) is 5.56 Å². The summed E-state index contributed by atoms with van der Waals surface area (Å²) in [6.07, 6.45) is 0.945. The van der Waals surface area contributed by atoms with E-state index in [4.69, 9.17) is 0 Å². The van der Waals surface area contributed by atoms with Crippen LogP contribution in [0.2, 0.25) is 0 Å². The number of carbonyl (C=O) groups excluding carboxylic acids is 2. The Morgan fingerprint density at radius 3 is 2.22 bits per heavy atom. The van der Waals surface area contributed by atoms with Gasteiger partial charge in [0.25, 0.3) is 0 Å². The van der Waals surface area contributed by atoms with E-state index >= 15 is 0 Å². The van der Waals surface area contributed by atoms with Crippen LogP contribution in [0.5, 0.6) is 0 Å². The van der Waals surface area contributed by atoms with Gasteiger partial charge in [0.1, 0.15) is 17.0 Å². The van der Waals surface area contributed by atoms with Gasteiger partial charge in [-0.1, -0.05) is 6.08 Å². The molecule has 1 rings (SSSR count). The fraction of sp³-hybridized carbons (Fsp3) is 0.286. The van der Waals surface area contributed by atoms with E-state index in [0.717, 1.165) is 13.0 Å². The van der Waals surface area contributed by atoms with Gasteiger partial charge >= 0.3 is 11.7 Å². The molecule has 124 valence electrons. The van der Waals surface area contributed by atoms with Crippen molar-refractivity contribution in [1.29, 1.82) is 0 Å². The molecule has 0 aliphatic heterocycles. The van der Waals surface area contributed by atoms with E-state index in [2.05, 4.69) is 4.74 Å². The van der Waals surface area contributed by atoms with Crippen molar-refractivity contribution in [3.8, 4) is 0 Å². The van der Waals surface area contributed by atoms with E-state index in [1.807, 2.05) is 0 Å². The zero-order chi connectivity index (χ0) is 17.9. The Morgan fingerprint density at radius 2 is 1.78 bits per heavy atom. The average molecular weight is 331 g/mol. The molecule has 0 bridgehead atoms. The van der Waals surface area contributed by atoms with E-state index < -0.39 is 56.5 Å². The third-order valence-corrected chi connectivity index (χ3v) is 2.95. The topological polar surface area (TPSA) is 86.5 Å². The summed E-state index contributed by atoms with van der Waals surface area (Å²) in [4.78, 5) is 33.4. The molecule has 6 nitrogen and oxygen atoms in total. The van der Waals surface area contributed by atoms with Gasteiger partial charge in [0.15, 0.2) is 5.82 Å². The molecule has 1 aromatic rings. The Labute approximate surface area is 128 Å². The number of nitro benzene ring substituents is 1. The molecule has 0 aliphatic rings. The smallest absolute Gasteiger partial charge is 0.341 e. The Kier molecular flexibility index (Phi) is 5.61. The first-order chi connectivity index (χ1) is 10.7. The van der Waals surface area contributed by atoms with Gasteiger partial charge in [-0.05, 0) is 20.8 Å². The maximum atomic E-state index is 14.1. The molecular formula is C14H12F3NO5. The lowest BCUT2D eigenvalue weighted by molar-refractivity contribution is -0.388. The lowest BCUT2D eigenvalue weighted by Gasteiger charge is -2.10. The molecule has 1 aromatic carbocycles. The average Bonchev–Trinajstić information content (AvgIpc) is 2.48. The Bertz CT molecular complexity index is 728. The summed E-state index contributed by atoms with van der Waals surface area (Å²) in [7, 11) is 0. The molecule has 9 heteroatoms. The van der Waals surface area contributed by atoms with Crippen molar-refractivity contribution in [2.24, 2.45) is 0 Å². The number of nitro groups is 1. The van der Waals surface area contributed by atoms with Crippen LogP contribution in [0, 0.1) is 34.5 Å².